The molecule has 1 atom stereocenters. The van der Waals surface area contributed by atoms with Crippen LogP contribution in [0, 0.1) is 12.8 Å². The maximum atomic E-state index is 11.9. The van der Waals surface area contributed by atoms with Crippen molar-refractivity contribution < 1.29 is 14.7 Å². The van der Waals surface area contributed by atoms with E-state index in [2.05, 4.69) is 20.5 Å². The predicted molar refractivity (Wildman–Crippen MR) is 72.0 cm³/mol. The SMILES string of the molecule is Cc1nc(CN(C)C(=O)NC(CC(C)C)C(=O)O)n[nH]1. The smallest absolute Gasteiger partial charge is 0.326 e. The van der Waals surface area contributed by atoms with Crippen molar-refractivity contribution in [2.75, 3.05) is 7.05 Å². The number of rotatable bonds is 6. The number of H-pyrrole nitrogens is 1. The molecular weight excluding hydrogens is 262 g/mol. The number of aryl methyl sites for hydroxylation is 1. The molecule has 1 aromatic rings. The van der Waals surface area contributed by atoms with Gasteiger partial charge in [-0.3, -0.25) is 5.10 Å². The molecule has 1 unspecified atom stereocenters. The van der Waals surface area contributed by atoms with Crippen molar-refractivity contribution in [3.8, 4) is 0 Å². The third-order valence-corrected chi connectivity index (χ3v) is 2.67. The van der Waals surface area contributed by atoms with Crippen LogP contribution in [0.1, 0.15) is 31.9 Å². The van der Waals surface area contributed by atoms with Crippen molar-refractivity contribution in [3.05, 3.63) is 11.6 Å². The van der Waals surface area contributed by atoms with Gasteiger partial charge in [-0.1, -0.05) is 13.8 Å². The zero-order valence-corrected chi connectivity index (χ0v) is 12.2. The fourth-order valence-electron chi connectivity index (χ4n) is 1.70. The topological polar surface area (TPSA) is 111 Å². The standard InChI is InChI=1S/C12H21N5O3/c1-7(2)5-9(11(18)19)14-12(20)17(4)6-10-13-8(3)15-16-10/h7,9H,5-6H2,1-4H3,(H,14,20)(H,18,19)(H,13,15,16). The molecule has 0 radical (unpaired) electrons. The number of carbonyl (C=O) groups excluding carboxylic acids is 1. The Labute approximate surface area is 117 Å². The van der Waals surface area contributed by atoms with Gasteiger partial charge in [-0.25, -0.2) is 14.6 Å². The van der Waals surface area contributed by atoms with E-state index in [0.717, 1.165) is 0 Å². The minimum Gasteiger partial charge on any atom is -0.480 e. The highest BCUT2D eigenvalue weighted by atomic mass is 16.4. The Hall–Kier alpha value is -2.12. The van der Waals surface area contributed by atoms with E-state index < -0.39 is 18.0 Å². The van der Waals surface area contributed by atoms with Crippen molar-refractivity contribution in [1.82, 2.24) is 25.4 Å². The lowest BCUT2D eigenvalue weighted by Gasteiger charge is -2.21. The van der Waals surface area contributed by atoms with Gasteiger partial charge in [0.15, 0.2) is 5.82 Å². The molecule has 0 aliphatic carbocycles. The van der Waals surface area contributed by atoms with E-state index in [1.807, 2.05) is 13.8 Å². The van der Waals surface area contributed by atoms with Crippen LogP contribution < -0.4 is 5.32 Å². The van der Waals surface area contributed by atoms with E-state index in [0.29, 0.717) is 18.1 Å². The Morgan fingerprint density at radius 2 is 2.10 bits per heavy atom. The highest BCUT2D eigenvalue weighted by Crippen LogP contribution is 2.06. The molecule has 0 fully saturated rings. The third kappa shape index (κ3) is 4.87. The summed E-state index contributed by atoms with van der Waals surface area (Å²) in [5, 5.41) is 18.2. The maximum Gasteiger partial charge on any atom is 0.326 e. The molecule has 8 heteroatoms. The van der Waals surface area contributed by atoms with E-state index >= 15 is 0 Å². The van der Waals surface area contributed by atoms with E-state index in [4.69, 9.17) is 5.11 Å². The molecule has 1 aromatic heterocycles. The van der Waals surface area contributed by atoms with Crippen LogP contribution in [0.2, 0.25) is 0 Å². The summed E-state index contributed by atoms with van der Waals surface area (Å²) in [4.78, 5) is 28.5. The first kappa shape index (κ1) is 15.9. The van der Waals surface area contributed by atoms with Gasteiger partial charge in [0.05, 0.1) is 6.54 Å². The second kappa shape index (κ2) is 6.88. The van der Waals surface area contributed by atoms with Crippen molar-refractivity contribution >= 4 is 12.0 Å². The van der Waals surface area contributed by atoms with Crippen molar-refractivity contribution in [1.29, 1.82) is 0 Å². The van der Waals surface area contributed by atoms with Gasteiger partial charge >= 0.3 is 12.0 Å². The molecule has 0 saturated heterocycles. The van der Waals surface area contributed by atoms with E-state index in [1.165, 1.54) is 4.90 Å². The zero-order valence-electron chi connectivity index (χ0n) is 12.2. The number of carboxylic acids is 1. The van der Waals surface area contributed by atoms with Gasteiger partial charge in [0.2, 0.25) is 0 Å². The Kier molecular flexibility index (Phi) is 5.48. The van der Waals surface area contributed by atoms with Crippen LogP contribution >= 0.6 is 0 Å². The van der Waals surface area contributed by atoms with Crippen LogP contribution in [0.5, 0.6) is 0 Å². The van der Waals surface area contributed by atoms with Gasteiger partial charge in [0, 0.05) is 7.05 Å². The number of aliphatic carboxylic acids is 1. The maximum absolute atomic E-state index is 11.9. The molecule has 0 aliphatic heterocycles. The molecule has 0 saturated carbocycles. The number of nitrogens with zero attached hydrogens (tertiary/aromatic N) is 3. The molecule has 0 spiro atoms. The van der Waals surface area contributed by atoms with Crippen molar-refractivity contribution in [2.45, 2.75) is 39.8 Å². The van der Waals surface area contributed by atoms with Crippen LogP contribution in [0.25, 0.3) is 0 Å². The molecule has 20 heavy (non-hydrogen) atoms. The van der Waals surface area contributed by atoms with Gasteiger partial charge < -0.3 is 15.3 Å². The fourth-order valence-corrected chi connectivity index (χ4v) is 1.70. The number of hydrogen-bond donors (Lipinski definition) is 3. The average molecular weight is 283 g/mol. The van der Waals surface area contributed by atoms with Crippen LogP contribution in [0.3, 0.4) is 0 Å². The fraction of sp³-hybridized carbons (Fsp3) is 0.667. The van der Waals surface area contributed by atoms with Gasteiger partial charge in [0.25, 0.3) is 0 Å². The summed E-state index contributed by atoms with van der Waals surface area (Å²) in [6.45, 7) is 5.79. The normalized spacial score (nSPS) is 12.2. The molecule has 2 amide bonds. The number of carboxylic acid groups (broad SMARTS) is 1. The molecule has 0 aromatic carbocycles. The molecule has 8 nitrogen and oxygen atoms in total. The number of carbonyl (C=O) groups is 2. The highest BCUT2D eigenvalue weighted by Gasteiger charge is 2.23. The van der Waals surface area contributed by atoms with Gasteiger partial charge in [-0.05, 0) is 19.3 Å². The molecular formula is C12H21N5O3. The first-order valence-electron chi connectivity index (χ1n) is 6.42. The van der Waals surface area contributed by atoms with Gasteiger partial charge in [-0.15, -0.1) is 0 Å². The lowest BCUT2D eigenvalue weighted by atomic mass is 10.0. The van der Waals surface area contributed by atoms with Crippen LogP contribution in [-0.2, 0) is 11.3 Å². The summed E-state index contributed by atoms with van der Waals surface area (Å²) >= 11 is 0. The van der Waals surface area contributed by atoms with E-state index in [-0.39, 0.29) is 12.5 Å². The summed E-state index contributed by atoms with van der Waals surface area (Å²) in [5.74, 6) is 0.291. The van der Waals surface area contributed by atoms with Crippen LogP contribution in [-0.4, -0.2) is 50.3 Å². The lowest BCUT2D eigenvalue weighted by molar-refractivity contribution is -0.139. The van der Waals surface area contributed by atoms with Gasteiger partial charge in [-0.2, -0.15) is 5.10 Å². The van der Waals surface area contributed by atoms with Crippen molar-refractivity contribution in [2.24, 2.45) is 5.92 Å². The van der Waals surface area contributed by atoms with Crippen molar-refractivity contribution in [3.63, 3.8) is 0 Å². The third-order valence-electron chi connectivity index (χ3n) is 2.67. The number of urea groups is 1. The van der Waals surface area contributed by atoms with E-state index in [1.54, 1.807) is 14.0 Å². The summed E-state index contributed by atoms with van der Waals surface area (Å²) in [5.41, 5.74) is 0. The summed E-state index contributed by atoms with van der Waals surface area (Å²) in [6, 6.07) is -1.35. The second-order valence-corrected chi connectivity index (χ2v) is 5.16. The lowest BCUT2D eigenvalue weighted by Crippen LogP contribution is -2.47. The molecule has 3 N–H and O–H groups in total. The number of aromatic nitrogens is 3. The monoisotopic (exact) mass is 283 g/mol. The molecule has 112 valence electrons. The predicted octanol–water partition coefficient (Wildman–Crippen LogP) is 0.754. The molecule has 1 heterocycles. The Bertz CT molecular complexity index is 471. The number of nitrogens with one attached hydrogen (secondary N) is 2. The number of amides is 2. The molecule has 0 aliphatic rings. The number of hydrogen-bond acceptors (Lipinski definition) is 4. The average Bonchev–Trinajstić information content (AvgIpc) is 2.72. The Morgan fingerprint density at radius 1 is 1.45 bits per heavy atom. The van der Waals surface area contributed by atoms with Crippen LogP contribution in [0.15, 0.2) is 0 Å². The minimum atomic E-state index is -1.03. The minimum absolute atomic E-state index is 0.178. The summed E-state index contributed by atoms with van der Waals surface area (Å²) in [6.07, 6.45) is 0.384. The highest BCUT2D eigenvalue weighted by molar-refractivity contribution is 5.82. The van der Waals surface area contributed by atoms with Crippen LogP contribution in [0.4, 0.5) is 4.79 Å². The first-order valence-corrected chi connectivity index (χ1v) is 6.42. The Balaban J connectivity index is 2.57. The largest absolute Gasteiger partial charge is 0.480 e. The van der Waals surface area contributed by atoms with Gasteiger partial charge in [0.1, 0.15) is 11.9 Å². The zero-order chi connectivity index (χ0) is 15.3. The number of aromatic amines is 1. The van der Waals surface area contributed by atoms with E-state index in [9.17, 15) is 9.59 Å². The molecule has 1 rings (SSSR count). The first-order chi connectivity index (χ1) is 9.29. The Morgan fingerprint density at radius 3 is 2.55 bits per heavy atom. The second-order valence-electron chi connectivity index (χ2n) is 5.16. The summed E-state index contributed by atoms with van der Waals surface area (Å²) < 4.78 is 0. The summed E-state index contributed by atoms with van der Waals surface area (Å²) in [7, 11) is 1.56. The quantitative estimate of drug-likeness (QED) is 0.713. The molecule has 0 bridgehead atoms.